The average molecular weight is 288 g/mol. The molecule has 0 aliphatic rings. The average Bonchev–Trinajstić information content (AvgIpc) is 2.46. The number of methoxy groups -OCH3 is 1. The summed E-state index contributed by atoms with van der Waals surface area (Å²) in [6, 6.07) is 4.90. The van der Waals surface area contributed by atoms with Crippen LogP contribution >= 0.6 is 0 Å². The monoisotopic (exact) mass is 288 g/mol. The summed E-state index contributed by atoms with van der Waals surface area (Å²) in [5, 5.41) is 0. The number of aryl methyl sites for hydroxylation is 2. The molecule has 0 aliphatic carbocycles. The first-order valence-electron chi connectivity index (χ1n) is 6.46. The molecular weight excluding hydrogens is 272 g/mol. The van der Waals surface area contributed by atoms with Crippen LogP contribution in [0.15, 0.2) is 18.2 Å². The second-order valence-electron chi connectivity index (χ2n) is 4.67. The Hall–Kier alpha value is -2.50. The minimum absolute atomic E-state index is 0.316. The van der Waals surface area contributed by atoms with Gasteiger partial charge in [0, 0.05) is 0 Å². The predicted octanol–water partition coefficient (Wildman–Crippen LogP) is 1.96. The van der Waals surface area contributed by atoms with Gasteiger partial charge in [-0.05, 0) is 39.0 Å². The number of benzene rings is 1. The van der Waals surface area contributed by atoms with E-state index in [9.17, 15) is 9.59 Å². The normalized spacial score (nSPS) is 12.0. The summed E-state index contributed by atoms with van der Waals surface area (Å²) >= 11 is 0. The van der Waals surface area contributed by atoms with E-state index in [0.717, 1.165) is 11.4 Å². The number of carbonyl (C=O) groups excluding carboxylic acids is 2. The van der Waals surface area contributed by atoms with Crippen molar-refractivity contribution in [2.24, 2.45) is 0 Å². The number of hydrogen-bond donors (Lipinski definition) is 0. The summed E-state index contributed by atoms with van der Waals surface area (Å²) in [7, 11) is 1.24. The van der Waals surface area contributed by atoms with Crippen molar-refractivity contribution in [1.29, 1.82) is 0 Å². The van der Waals surface area contributed by atoms with Crippen LogP contribution in [0.1, 0.15) is 28.7 Å². The highest BCUT2D eigenvalue weighted by atomic mass is 16.6. The van der Waals surface area contributed by atoms with Crippen molar-refractivity contribution in [2.75, 3.05) is 7.11 Å². The lowest BCUT2D eigenvalue weighted by molar-refractivity contribution is -0.149. The third-order valence-electron chi connectivity index (χ3n) is 3.13. The minimum Gasteiger partial charge on any atom is -0.466 e. The number of nitrogens with zero attached hydrogens (tertiary/aromatic N) is 2. The van der Waals surface area contributed by atoms with Crippen molar-refractivity contribution in [2.45, 2.75) is 26.9 Å². The van der Waals surface area contributed by atoms with Crippen molar-refractivity contribution < 1.29 is 19.1 Å². The maximum absolute atomic E-state index is 12.0. The van der Waals surface area contributed by atoms with Gasteiger partial charge in [0.15, 0.2) is 6.10 Å². The zero-order valence-corrected chi connectivity index (χ0v) is 12.3. The fraction of sp³-hybridized carbons (Fsp3) is 0.333. The summed E-state index contributed by atoms with van der Waals surface area (Å²) in [5.41, 5.74) is 3.28. The fourth-order valence-corrected chi connectivity index (χ4v) is 1.80. The molecule has 6 nitrogen and oxygen atoms in total. The molecule has 1 aromatic heterocycles. The molecule has 2 aromatic rings. The van der Waals surface area contributed by atoms with Gasteiger partial charge in [-0.2, -0.15) is 0 Å². The number of carbonyl (C=O) groups is 2. The Kier molecular flexibility index (Phi) is 4.16. The van der Waals surface area contributed by atoms with E-state index in [1.54, 1.807) is 18.2 Å². The molecule has 1 aromatic carbocycles. The molecule has 1 atom stereocenters. The molecule has 1 heterocycles. The van der Waals surface area contributed by atoms with Gasteiger partial charge in [-0.15, -0.1) is 0 Å². The number of esters is 2. The Morgan fingerprint density at radius 2 is 1.71 bits per heavy atom. The van der Waals surface area contributed by atoms with Crippen molar-refractivity contribution in [3.05, 3.63) is 35.2 Å². The van der Waals surface area contributed by atoms with Crippen LogP contribution in [0.25, 0.3) is 11.0 Å². The SMILES string of the molecule is COC(=O)[C@@H](C)OC(=O)c1ccc2nc(C)c(C)nc2c1. The second-order valence-corrected chi connectivity index (χ2v) is 4.67. The Bertz CT molecular complexity index is 712. The molecule has 0 bridgehead atoms. The van der Waals surface area contributed by atoms with Gasteiger partial charge in [-0.25, -0.2) is 19.6 Å². The fourth-order valence-electron chi connectivity index (χ4n) is 1.80. The van der Waals surface area contributed by atoms with E-state index in [1.165, 1.54) is 14.0 Å². The van der Waals surface area contributed by atoms with Crippen LogP contribution in [0.5, 0.6) is 0 Å². The van der Waals surface area contributed by atoms with Crippen molar-refractivity contribution in [1.82, 2.24) is 9.97 Å². The molecule has 110 valence electrons. The van der Waals surface area contributed by atoms with Gasteiger partial charge in [0.25, 0.3) is 0 Å². The number of fused-ring (bicyclic) bond motifs is 1. The molecular formula is C15H16N2O4. The molecule has 0 spiro atoms. The highest BCUT2D eigenvalue weighted by Gasteiger charge is 2.19. The maximum atomic E-state index is 12.0. The van der Waals surface area contributed by atoms with Gasteiger partial charge in [-0.3, -0.25) is 0 Å². The van der Waals surface area contributed by atoms with Gasteiger partial charge < -0.3 is 9.47 Å². The van der Waals surface area contributed by atoms with Crippen LogP contribution in [0.4, 0.5) is 0 Å². The lowest BCUT2D eigenvalue weighted by atomic mass is 10.2. The Labute approximate surface area is 122 Å². The van der Waals surface area contributed by atoms with Crippen LogP contribution in [0.3, 0.4) is 0 Å². The van der Waals surface area contributed by atoms with Crippen LogP contribution in [-0.4, -0.2) is 35.1 Å². The summed E-state index contributed by atoms with van der Waals surface area (Å²) in [6.07, 6.45) is -0.955. The topological polar surface area (TPSA) is 78.4 Å². The van der Waals surface area contributed by atoms with Gasteiger partial charge in [0.05, 0.1) is 35.1 Å². The zero-order valence-electron chi connectivity index (χ0n) is 12.3. The van der Waals surface area contributed by atoms with E-state index in [-0.39, 0.29) is 0 Å². The third-order valence-corrected chi connectivity index (χ3v) is 3.13. The molecule has 0 fully saturated rings. The first kappa shape index (κ1) is 14.9. The van der Waals surface area contributed by atoms with Crippen LogP contribution in [0.2, 0.25) is 0 Å². The first-order chi connectivity index (χ1) is 9.92. The van der Waals surface area contributed by atoms with Gasteiger partial charge in [0.2, 0.25) is 0 Å². The molecule has 0 amide bonds. The predicted molar refractivity (Wildman–Crippen MR) is 75.9 cm³/mol. The quantitative estimate of drug-likeness (QED) is 0.803. The third kappa shape index (κ3) is 3.16. The van der Waals surface area contributed by atoms with E-state index in [2.05, 4.69) is 14.7 Å². The molecule has 0 radical (unpaired) electrons. The van der Waals surface area contributed by atoms with Crippen LogP contribution in [0, 0.1) is 13.8 Å². The number of aromatic nitrogens is 2. The standard InChI is InChI=1S/C15H16N2O4/c1-8-9(2)17-13-7-11(5-6-12(13)16-8)15(19)21-10(3)14(18)20-4/h5-7,10H,1-4H3/t10-/m1/s1. The van der Waals surface area contributed by atoms with Gasteiger partial charge in [-0.1, -0.05) is 0 Å². The molecule has 0 saturated carbocycles. The molecule has 0 N–H and O–H groups in total. The van der Waals surface area contributed by atoms with Gasteiger partial charge >= 0.3 is 11.9 Å². The zero-order chi connectivity index (χ0) is 15.6. The highest BCUT2D eigenvalue weighted by Crippen LogP contribution is 2.15. The van der Waals surface area contributed by atoms with E-state index < -0.39 is 18.0 Å². The second kappa shape index (κ2) is 5.87. The molecule has 2 rings (SSSR count). The first-order valence-corrected chi connectivity index (χ1v) is 6.46. The van der Waals surface area contributed by atoms with E-state index in [4.69, 9.17) is 4.74 Å². The Morgan fingerprint density at radius 3 is 2.33 bits per heavy atom. The number of ether oxygens (including phenoxy) is 2. The lowest BCUT2D eigenvalue weighted by Gasteiger charge is -2.11. The van der Waals surface area contributed by atoms with Crippen molar-refractivity contribution >= 4 is 23.0 Å². The molecule has 6 heteroatoms. The number of hydrogen-bond acceptors (Lipinski definition) is 6. The van der Waals surface area contributed by atoms with Crippen molar-refractivity contribution in [3.8, 4) is 0 Å². The molecule has 0 aliphatic heterocycles. The summed E-state index contributed by atoms with van der Waals surface area (Å²) in [6.45, 7) is 5.19. The highest BCUT2D eigenvalue weighted by molar-refractivity contribution is 5.94. The van der Waals surface area contributed by atoms with E-state index in [1.807, 2.05) is 13.8 Å². The summed E-state index contributed by atoms with van der Waals surface area (Å²) in [5.74, 6) is -1.20. The van der Waals surface area contributed by atoms with Crippen LogP contribution < -0.4 is 0 Å². The lowest BCUT2D eigenvalue weighted by Crippen LogP contribution is -2.25. The largest absolute Gasteiger partial charge is 0.466 e. The summed E-state index contributed by atoms with van der Waals surface area (Å²) in [4.78, 5) is 32.0. The van der Waals surface area contributed by atoms with Crippen LogP contribution in [-0.2, 0) is 14.3 Å². The Balaban J connectivity index is 2.28. The minimum atomic E-state index is -0.955. The van der Waals surface area contributed by atoms with Crippen molar-refractivity contribution in [3.63, 3.8) is 0 Å². The molecule has 0 saturated heterocycles. The Morgan fingerprint density at radius 1 is 1.10 bits per heavy atom. The smallest absolute Gasteiger partial charge is 0.346 e. The van der Waals surface area contributed by atoms with Gasteiger partial charge in [0.1, 0.15) is 0 Å². The van der Waals surface area contributed by atoms with E-state index >= 15 is 0 Å². The number of rotatable bonds is 3. The molecule has 21 heavy (non-hydrogen) atoms. The van der Waals surface area contributed by atoms with E-state index in [0.29, 0.717) is 16.6 Å². The maximum Gasteiger partial charge on any atom is 0.346 e. The molecule has 0 unspecified atom stereocenters. The summed E-state index contributed by atoms with van der Waals surface area (Å²) < 4.78 is 9.54.